The standard InChI is InChI=1S/C19H13BrN4O/c20-14-5-7-15(8-6-14)23-16-9-10-18(22-12-16)19(25)24-17-4-2-1-3-13(17)11-21/h1-10,12,23H,(H,24,25). The van der Waals surface area contributed by atoms with Crippen molar-refractivity contribution in [1.29, 1.82) is 5.26 Å². The minimum Gasteiger partial charge on any atom is -0.354 e. The first kappa shape index (κ1) is 16.7. The van der Waals surface area contributed by atoms with E-state index in [1.54, 1.807) is 42.6 Å². The number of anilines is 3. The van der Waals surface area contributed by atoms with Gasteiger partial charge in [-0.2, -0.15) is 5.26 Å². The molecule has 0 fully saturated rings. The van der Waals surface area contributed by atoms with Gasteiger partial charge in [0.15, 0.2) is 0 Å². The highest BCUT2D eigenvalue weighted by Crippen LogP contribution is 2.19. The van der Waals surface area contributed by atoms with E-state index in [1.165, 1.54) is 0 Å². The van der Waals surface area contributed by atoms with E-state index in [0.29, 0.717) is 11.3 Å². The molecule has 25 heavy (non-hydrogen) atoms. The molecule has 0 saturated carbocycles. The summed E-state index contributed by atoms with van der Waals surface area (Å²) >= 11 is 3.39. The summed E-state index contributed by atoms with van der Waals surface area (Å²) < 4.78 is 1.00. The number of para-hydroxylation sites is 1. The fourth-order valence-electron chi connectivity index (χ4n) is 2.18. The van der Waals surface area contributed by atoms with Gasteiger partial charge in [0.05, 0.1) is 23.1 Å². The average Bonchev–Trinajstić information content (AvgIpc) is 2.64. The summed E-state index contributed by atoms with van der Waals surface area (Å²) in [7, 11) is 0. The van der Waals surface area contributed by atoms with Gasteiger partial charge in [0.25, 0.3) is 5.91 Å². The van der Waals surface area contributed by atoms with Gasteiger partial charge in [-0.05, 0) is 48.5 Å². The molecule has 0 bridgehead atoms. The molecule has 2 N–H and O–H groups in total. The average molecular weight is 393 g/mol. The van der Waals surface area contributed by atoms with Gasteiger partial charge in [0.1, 0.15) is 11.8 Å². The van der Waals surface area contributed by atoms with E-state index in [4.69, 9.17) is 5.26 Å². The van der Waals surface area contributed by atoms with Crippen LogP contribution in [0.4, 0.5) is 17.1 Å². The van der Waals surface area contributed by atoms with Crippen molar-refractivity contribution in [1.82, 2.24) is 4.98 Å². The molecule has 5 nitrogen and oxygen atoms in total. The van der Waals surface area contributed by atoms with E-state index < -0.39 is 0 Å². The smallest absolute Gasteiger partial charge is 0.274 e. The van der Waals surface area contributed by atoms with Crippen LogP contribution in [0.25, 0.3) is 0 Å². The van der Waals surface area contributed by atoms with Gasteiger partial charge < -0.3 is 10.6 Å². The Kier molecular flexibility index (Phi) is 5.07. The molecule has 0 spiro atoms. The number of carbonyl (C=O) groups excluding carboxylic acids is 1. The highest BCUT2D eigenvalue weighted by atomic mass is 79.9. The van der Waals surface area contributed by atoms with Crippen LogP contribution < -0.4 is 10.6 Å². The highest BCUT2D eigenvalue weighted by Gasteiger charge is 2.10. The van der Waals surface area contributed by atoms with Crippen LogP contribution in [0, 0.1) is 11.3 Å². The zero-order valence-electron chi connectivity index (χ0n) is 13.0. The van der Waals surface area contributed by atoms with Gasteiger partial charge in [0, 0.05) is 10.2 Å². The van der Waals surface area contributed by atoms with E-state index >= 15 is 0 Å². The Morgan fingerprint density at radius 1 is 1.00 bits per heavy atom. The number of benzene rings is 2. The number of nitriles is 1. The monoisotopic (exact) mass is 392 g/mol. The number of nitrogens with zero attached hydrogens (tertiary/aromatic N) is 2. The van der Waals surface area contributed by atoms with Gasteiger partial charge in [-0.3, -0.25) is 4.79 Å². The number of pyridine rings is 1. The molecule has 2 aromatic carbocycles. The fraction of sp³-hybridized carbons (Fsp3) is 0. The van der Waals surface area contributed by atoms with Gasteiger partial charge in [-0.15, -0.1) is 0 Å². The second-order valence-electron chi connectivity index (χ2n) is 5.18. The lowest BCUT2D eigenvalue weighted by molar-refractivity contribution is 0.102. The maximum atomic E-state index is 12.3. The topological polar surface area (TPSA) is 77.8 Å². The molecular weight excluding hydrogens is 380 g/mol. The molecule has 0 aliphatic heterocycles. The van der Waals surface area contributed by atoms with Crippen molar-refractivity contribution < 1.29 is 4.79 Å². The predicted octanol–water partition coefficient (Wildman–Crippen LogP) is 4.71. The van der Waals surface area contributed by atoms with Crippen LogP contribution in [0.1, 0.15) is 16.1 Å². The number of nitrogens with one attached hydrogen (secondary N) is 2. The third kappa shape index (κ3) is 4.22. The van der Waals surface area contributed by atoms with Crippen molar-refractivity contribution in [3.8, 4) is 6.07 Å². The van der Waals surface area contributed by atoms with Crippen LogP contribution in [-0.4, -0.2) is 10.9 Å². The molecule has 3 aromatic rings. The summed E-state index contributed by atoms with van der Waals surface area (Å²) in [5.41, 5.74) is 2.84. The maximum absolute atomic E-state index is 12.3. The SMILES string of the molecule is N#Cc1ccccc1NC(=O)c1ccc(Nc2ccc(Br)cc2)cn1. The lowest BCUT2D eigenvalue weighted by atomic mass is 10.2. The molecular formula is C19H13BrN4O. The Morgan fingerprint density at radius 2 is 1.72 bits per heavy atom. The Labute approximate surface area is 153 Å². The molecule has 1 amide bonds. The number of aromatic nitrogens is 1. The molecule has 0 atom stereocenters. The lowest BCUT2D eigenvalue weighted by Crippen LogP contribution is -2.14. The van der Waals surface area contributed by atoms with Crippen molar-refractivity contribution in [2.24, 2.45) is 0 Å². The fourth-order valence-corrected chi connectivity index (χ4v) is 2.44. The number of hydrogen-bond donors (Lipinski definition) is 2. The molecule has 0 aliphatic carbocycles. The van der Waals surface area contributed by atoms with Crippen LogP contribution in [0.5, 0.6) is 0 Å². The lowest BCUT2D eigenvalue weighted by Gasteiger charge is -2.08. The van der Waals surface area contributed by atoms with Crippen LogP contribution in [0.2, 0.25) is 0 Å². The van der Waals surface area contributed by atoms with Crippen molar-refractivity contribution in [2.75, 3.05) is 10.6 Å². The Balaban J connectivity index is 1.70. The van der Waals surface area contributed by atoms with Crippen molar-refractivity contribution in [3.05, 3.63) is 82.6 Å². The summed E-state index contributed by atoms with van der Waals surface area (Å²) in [5.74, 6) is -0.363. The van der Waals surface area contributed by atoms with Crippen LogP contribution in [0.3, 0.4) is 0 Å². The normalized spacial score (nSPS) is 9.92. The summed E-state index contributed by atoms with van der Waals surface area (Å²) in [5, 5.41) is 15.0. The summed E-state index contributed by atoms with van der Waals surface area (Å²) in [6.07, 6.45) is 1.59. The van der Waals surface area contributed by atoms with Gasteiger partial charge in [-0.25, -0.2) is 4.98 Å². The molecule has 122 valence electrons. The zero-order valence-corrected chi connectivity index (χ0v) is 14.6. The largest absolute Gasteiger partial charge is 0.354 e. The van der Waals surface area contributed by atoms with Gasteiger partial charge >= 0.3 is 0 Å². The van der Waals surface area contributed by atoms with Crippen LogP contribution in [-0.2, 0) is 0 Å². The van der Waals surface area contributed by atoms with Crippen LogP contribution >= 0.6 is 15.9 Å². The summed E-state index contributed by atoms with van der Waals surface area (Å²) in [4.78, 5) is 16.5. The molecule has 1 aromatic heterocycles. The van der Waals surface area contributed by atoms with E-state index in [-0.39, 0.29) is 11.6 Å². The molecule has 1 heterocycles. The summed E-state index contributed by atoms with van der Waals surface area (Å²) in [6.45, 7) is 0. The van der Waals surface area contributed by atoms with E-state index in [0.717, 1.165) is 15.8 Å². The third-order valence-corrected chi connectivity index (χ3v) is 3.95. The minimum absolute atomic E-state index is 0.272. The number of halogens is 1. The molecule has 0 radical (unpaired) electrons. The Bertz CT molecular complexity index is 931. The zero-order chi connectivity index (χ0) is 17.6. The van der Waals surface area contributed by atoms with Gasteiger partial charge in [-0.1, -0.05) is 28.1 Å². The quantitative estimate of drug-likeness (QED) is 0.673. The second kappa shape index (κ2) is 7.60. The number of carbonyl (C=O) groups is 1. The summed E-state index contributed by atoms with van der Waals surface area (Å²) in [6, 6.07) is 20.0. The maximum Gasteiger partial charge on any atom is 0.274 e. The van der Waals surface area contributed by atoms with Crippen molar-refractivity contribution in [3.63, 3.8) is 0 Å². The minimum atomic E-state index is -0.363. The Morgan fingerprint density at radius 3 is 2.40 bits per heavy atom. The third-order valence-electron chi connectivity index (χ3n) is 3.42. The molecule has 0 unspecified atom stereocenters. The predicted molar refractivity (Wildman–Crippen MR) is 101 cm³/mol. The van der Waals surface area contributed by atoms with Crippen molar-refractivity contribution in [2.45, 2.75) is 0 Å². The number of amides is 1. The first-order valence-electron chi connectivity index (χ1n) is 7.45. The highest BCUT2D eigenvalue weighted by molar-refractivity contribution is 9.10. The first-order valence-corrected chi connectivity index (χ1v) is 8.24. The molecule has 0 aliphatic rings. The van der Waals surface area contributed by atoms with E-state index in [9.17, 15) is 4.79 Å². The Hall–Kier alpha value is -3.17. The number of rotatable bonds is 4. The molecule has 6 heteroatoms. The molecule has 0 saturated heterocycles. The number of hydrogen-bond acceptors (Lipinski definition) is 4. The van der Waals surface area contributed by atoms with E-state index in [2.05, 4.69) is 31.5 Å². The van der Waals surface area contributed by atoms with E-state index in [1.807, 2.05) is 30.3 Å². The first-order chi connectivity index (χ1) is 12.2. The molecule has 3 rings (SSSR count). The second-order valence-corrected chi connectivity index (χ2v) is 6.09. The van der Waals surface area contributed by atoms with Crippen molar-refractivity contribution >= 4 is 38.9 Å². The van der Waals surface area contributed by atoms with Crippen LogP contribution in [0.15, 0.2) is 71.3 Å². The van der Waals surface area contributed by atoms with Gasteiger partial charge in [0.2, 0.25) is 0 Å².